The second-order valence-electron chi connectivity index (χ2n) is 4.22. The lowest BCUT2D eigenvalue weighted by Gasteiger charge is -2.04. The number of rotatable bonds is 5. The Labute approximate surface area is 125 Å². The fourth-order valence-corrected chi connectivity index (χ4v) is 2.25. The molecule has 1 aromatic heterocycles. The monoisotopic (exact) mass is 305 g/mol. The maximum atomic E-state index is 12.0. The van der Waals surface area contributed by atoms with E-state index in [4.69, 9.17) is 5.73 Å². The number of nitrogens with zero attached hydrogens (tertiary/aromatic N) is 2. The number of amides is 3. The van der Waals surface area contributed by atoms with Crippen molar-refractivity contribution in [2.75, 3.05) is 5.32 Å². The number of benzene rings is 1. The fraction of sp³-hybridized carbons (Fsp3) is 0.231. The summed E-state index contributed by atoms with van der Waals surface area (Å²) >= 11 is 1.35. The molecule has 2 aromatic rings. The molecule has 0 aliphatic heterocycles. The Morgan fingerprint density at radius 3 is 2.52 bits per heavy atom. The Balaban J connectivity index is 1.97. The molecule has 0 radical (unpaired) electrons. The van der Waals surface area contributed by atoms with Gasteiger partial charge < -0.3 is 11.1 Å². The first-order valence-corrected chi connectivity index (χ1v) is 7.16. The predicted molar refractivity (Wildman–Crippen MR) is 80.1 cm³/mol. The molecule has 0 saturated carbocycles. The van der Waals surface area contributed by atoms with E-state index in [2.05, 4.69) is 20.8 Å². The highest BCUT2D eigenvalue weighted by Crippen LogP contribution is 2.16. The minimum absolute atomic E-state index is 0.247. The third kappa shape index (κ3) is 4.25. The zero-order valence-corrected chi connectivity index (χ0v) is 12.2. The molecule has 0 aliphatic rings. The first-order chi connectivity index (χ1) is 10.1. The van der Waals surface area contributed by atoms with Crippen molar-refractivity contribution in [1.82, 2.24) is 15.5 Å². The summed E-state index contributed by atoms with van der Waals surface area (Å²) in [6, 6.07) is 6.27. The normalized spacial score (nSPS) is 10.1. The van der Waals surface area contributed by atoms with Crippen LogP contribution in [0.15, 0.2) is 24.3 Å². The van der Waals surface area contributed by atoms with E-state index < -0.39 is 6.03 Å². The number of aromatic nitrogens is 2. The summed E-state index contributed by atoms with van der Waals surface area (Å²) in [5.74, 6) is -0.247. The molecular formula is C13H15N5O2S. The van der Waals surface area contributed by atoms with Crippen molar-refractivity contribution in [2.24, 2.45) is 5.73 Å². The van der Waals surface area contributed by atoms with Crippen LogP contribution in [0.1, 0.15) is 27.9 Å². The topological polar surface area (TPSA) is 110 Å². The number of nitrogens with one attached hydrogen (secondary N) is 2. The van der Waals surface area contributed by atoms with Crippen LogP contribution in [0.25, 0.3) is 0 Å². The fourth-order valence-electron chi connectivity index (χ4n) is 1.58. The van der Waals surface area contributed by atoms with Gasteiger partial charge in [-0.3, -0.25) is 10.1 Å². The van der Waals surface area contributed by atoms with Gasteiger partial charge in [0, 0.05) is 12.1 Å². The SMILES string of the molecule is CCc1nnc(NC(=O)c2ccc(CNC(N)=O)cc2)s1. The molecule has 21 heavy (non-hydrogen) atoms. The van der Waals surface area contributed by atoms with Crippen molar-refractivity contribution >= 4 is 28.4 Å². The van der Waals surface area contributed by atoms with Gasteiger partial charge in [-0.1, -0.05) is 30.4 Å². The number of primary amides is 1. The maximum Gasteiger partial charge on any atom is 0.312 e. The number of hydrogen-bond acceptors (Lipinski definition) is 5. The highest BCUT2D eigenvalue weighted by Gasteiger charge is 2.09. The standard InChI is InChI=1S/C13H15N5O2S/c1-2-10-17-18-13(21-10)16-11(19)9-5-3-8(4-6-9)7-15-12(14)20/h3-6H,2,7H2,1H3,(H3,14,15,20)(H,16,18,19). The molecule has 0 aliphatic carbocycles. The number of urea groups is 1. The minimum Gasteiger partial charge on any atom is -0.352 e. The smallest absolute Gasteiger partial charge is 0.312 e. The first-order valence-electron chi connectivity index (χ1n) is 6.34. The summed E-state index contributed by atoms with van der Waals surface area (Å²) in [4.78, 5) is 22.6. The number of aryl methyl sites for hydroxylation is 1. The number of carbonyl (C=O) groups excluding carboxylic acids is 2. The second-order valence-corrected chi connectivity index (χ2v) is 5.29. The summed E-state index contributed by atoms with van der Waals surface area (Å²) < 4.78 is 0. The van der Waals surface area contributed by atoms with Crippen molar-refractivity contribution in [3.63, 3.8) is 0 Å². The largest absolute Gasteiger partial charge is 0.352 e. The molecule has 0 atom stereocenters. The van der Waals surface area contributed by atoms with Crippen molar-refractivity contribution in [3.8, 4) is 0 Å². The van der Waals surface area contributed by atoms with E-state index in [9.17, 15) is 9.59 Å². The lowest BCUT2D eigenvalue weighted by atomic mass is 10.1. The number of anilines is 1. The van der Waals surface area contributed by atoms with Crippen molar-refractivity contribution in [2.45, 2.75) is 19.9 Å². The van der Waals surface area contributed by atoms with E-state index in [0.717, 1.165) is 17.0 Å². The van der Waals surface area contributed by atoms with E-state index in [-0.39, 0.29) is 5.91 Å². The molecular weight excluding hydrogens is 290 g/mol. The third-order valence-electron chi connectivity index (χ3n) is 2.67. The van der Waals surface area contributed by atoms with E-state index in [1.165, 1.54) is 11.3 Å². The summed E-state index contributed by atoms with van der Waals surface area (Å²) in [6.07, 6.45) is 0.787. The molecule has 2 rings (SSSR count). The molecule has 7 nitrogen and oxygen atoms in total. The van der Waals surface area contributed by atoms with Gasteiger partial charge in [-0.15, -0.1) is 10.2 Å². The van der Waals surface area contributed by atoms with Crippen molar-refractivity contribution < 1.29 is 9.59 Å². The Morgan fingerprint density at radius 1 is 1.24 bits per heavy atom. The lowest BCUT2D eigenvalue weighted by Crippen LogP contribution is -2.28. The Kier molecular flexibility index (Phi) is 4.83. The molecule has 8 heteroatoms. The van der Waals surface area contributed by atoms with E-state index in [0.29, 0.717) is 17.2 Å². The second kappa shape index (κ2) is 6.80. The highest BCUT2D eigenvalue weighted by atomic mass is 32.1. The molecule has 4 N–H and O–H groups in total. The minimum atomic E-state index is -0.584. The van der Waals surface area contributed by atoms with Crippen LogP contribution in [0.2, 0.25) is 0 Å². The average Bonchev–Trinajstić information content (AvgIpc) is 2.93. The van der Waals surface area contributed by atoms with Gasteiger partial charge >= 0.3 is 6.03 Å². The summed E-state index contributed by atoms with van der Waals surface area (Å²) in [6.45, 7) is 2.30. The molecule has 1 heterocycles. The van der Waals surface area contributed by atoms with Crippen LogP contribution < -0.4 is 16.4 Å². The van der Waals surface area contributed by atoms with Gasteiger partial charge in [0.05, 0.1) is 0 Å². The third-order valence-corrected chi connectivity index (χ3v) is 3.66. The zero-order chi connectivity index (χ0) is 15.2. The summed E-state index contributed by atoms with van der Waals surface area (Å²) in [5.41, 5.74) is 6.35. The van der Waals surface area contributed by atoms with Crippen molar-refractivity contribution in [1.29, 1.82) is 0 Å². The predicted octanol–water partition coefficient (Wildman–Crippen LogP) is 1.52. The molecule has 3 amide bonds. The van der Waals surface area contributed by atoms with Crippen LogP contribution in [-0.4, -0.2) is 22.1 Å². The zero-order valence-electron chi connectivity index (χ0n) is 11.4. The van der Waals surface area contributed by atoms with Crippen LogP contribution >= 0.6 is 11.3 Å². The van der Waals surface area contributed by atoms with Crippen LogP contribution in [0.4, 0.5) is 9.93 Å². The summed E-state index contributed by atoms with van der Waals surface area (Å²) in [5, 5.41) is 14.4. The molecule has 0 saturated heterocycles. The van der Waals surface area contributed by atoms with Gasteiger partial charge in [-0.2, -0.15) is 0 Å². The van der Waals surface area contributed by atoms with Crippen LogP contribution in [0, 0.1) is 0 Å². The summed E-state index contributed by atoms with van der Waals surface area (Å²) in [7, 11) is 0. The Hall–Kier alpha value is -2.48. The van der Waals surface area contributed by atoms with Gasteiger partial charge in [0.25, 0.3) is 5.91 Å². The number of carbonyl (C=O) groups is 2. The van der Waals surface area contributed by atoms with E-state index in [1.54, 1.807) is 24.3 Å². The average molecular weight is 305 g/mol. The van der Waals surface area contributed by atoms with Gasteiger partial charge in [-0.25, -0.2) is 4.79 Å². The molecule has 1 aromatic carbocycles. The van der Waals surface area contributed by atoms with Crippen LogP contribution in [0.5, 0.6) is 0 Å². The van der Waals surface area contributed by atoms with E-state index in [1.807, 2.05) is 6.92 Å². The Bertz CT molecular complexity index is 638. The van der Waals surface area contributed by atoms with Crippen molar-refractivity contribution in [3.05, 3.63) is 40.4 Å². The molecule has 0 spiro atoms. The quantitative estimate of drug-likeness (QED) is 0.777. The molecule has 0 bridgehead atoms. The van der Waals surface area contributed by atoms with Gasteiger partial charge in [-0.05, 0) is 24.1 Å². The molecule has 110 valence electrons. The van der Waals surface area contributed by atoms with E-state index >= 15 is 0 Å². The first kappa shape index (κ1) is 14.9. The number of hydrogen-bond donors (Lipinski definition) is 3. The Morgan fingerprint density at radius 2 is 1.95 bits per heavy atom. The molecule has 0 unspecified atom stereocenters. The molecule has 0 fully saturated rings. The number of nitrogens with two attached hydrogens (primary N) is 1. The van der Waals surface area contributed by atoms with Crippen LogP contribution in [0.3, 0.4) is 0 Å². The van der Waals surface area contributed by atoms with Gasteiger partial charge in [0.1, 0.15) is 5.01 Å². The van der Waals surface area contributed by atoms with Crippen LogP contribution in [-0.2, 0) is 13.0 Å². The maximum absolute atomic E-state index is 12.0. The van der Waals surface area contributed by atoms with Gasteiger partial charge in [0.15, 0.2) is 0 Å². The lowest BCUT2D eigenvalue weighted by molar-refractivity contribution is 0.102. The van der Waals surface area contributed by atoms with Gasteiger partial charge in [0.2, 0.25) is 5.13 Å². The highest BCUT2D eigenvalue weighted by molar-refractivity contribution is 7.15.